The summed E-state index contributed by atoms with van der Waals surface area (Å²) < 4.78 is 1.59. The second-order valence-corrected chi connectivity index (χ2v) is 7.79. The van der Waals surface area contributed by atoms with Crippen LogP contribution in [-0.4, -0.2) is 45.6 Å². The number of hydrogen-bond donors (Lipinski definition) is 2. The summed E-state index contributed by atoms with van der Waals surface area (Å²) in [6, 6.07) is 6.21. The van der Waals surface area contributed by atoms with E-state index in [2.05, 4.69) is 5.32 Å². The number of pyridine rings is 1. The fourth-order valence-electron chi connectivity index (χ4n) is 3.75. The Kier molecular flexibility index (Phi) is 7.30. The Balaban J connectivity index is 1.94. The minimum atomic E-state index is -0.478. The van der Waals surface area contributed by atoms with Gasteiger partial charge in [-0.3, -0.25) is 9.59 Å². The van der Waals surface area contributed by atoms with Crippen molar-refractivity contribution >= 4 is 34.2 Å². The van der Waals surface area contributed by atoms with E-state index < -0.39 is 6.04 Å². The number of allylic oxidation sites excluding steroid dienone is 2. The van der Waals surface area contributed by atoms with Gasteiger partial charge in [-0.2, -0.15) is 0 Å². The summed E-state index contributed by atoms with van der Waals surface area (Å²) in [5.41, 5.74) is 0.720. The third-order valence-corrected chi connectivity index (χ3v) is 5.72. The molecule has 0 aliphatic heterocycles. The molecule has 2 unspecified atom stereocenters. The Labute approximate surface area is 185 Å². The topological polar surface area (TPSA) is 91.6 Å². The number of aryl methyl sites for hydroxylation is 1. The van der Waals surface area contributed by atoms with Gasteiger partial charge >= 0.3 is 6.03 Å². The molecule has 1 aliphatic rings. The second kappa shape index (κ2) is 9.94. The number of fused-ring (bicyclic) bond motifs is 1. The number of carbonyl (C=O) groups is 2. The van der Waals surface area contributed by atoms with Crippen molar-refractivity contribution in [3.8, 4) is 0 Å². The van der Waals surface area contributed by atoms with Crippen molar-refractivity contribution < 1.29 is 14.7 Å². The molecule has 1 aliphatic carbocycles. The van der Waals surface area contributed by atoms with Gasteiger partial charge in [0.05, 0.1) is 17.1 Å². The minimum absolute atomic E-state index is 0.0128. The molecule has 0 saturated heterocycles. The van der Waals surface area contributed by atoms with Crippen LogP contribution in [0, 0.1) is 0 Å². The van der Waals surface area contributed by atoms with Crippen molar-refractivity contribution in [3.63, 3.8) is 0 Å². The fourth-order valence-corrected chi connectivity index (χ4v) is 3.95. The number of rotatable bonds is 7. The molecule has 1 aromatic heterocycles. The lowest BCUT2D eigenvalue weighted by Gasteiger charge is -2.31. The van der Waals surface area contributed by atoms with Crippen molar-refractivity contribution in [2.24, 2.45) is 0 Å². The van der Waals surface area contributed by atoms with Gasteiger partial charge in [0.1, 0.15) is 0 Å². The van der Waals surface area contributed by atoms with E-state index in [0.717, 1.165) is 10.9 Å². The van der Waals surface area contributed by atoms with Gasteiger partial charge in [-0.15, -0.1) is 0 Å². The van der Waals surface area contributed by atoms with E-state index >= 15 is 0 Å². The number of benzene rings is 1. The number of aromatic nitrogens is 1. The van der Waals surface area contributed by atoms with Crippen molar-refractivity contribution in [2.45, 2.75) is 38.9 Å². The highest BCUT2D eigenvalue weighted by Crippen LogP contribution is 2.27. The van der Waals surface area contributed by atoms with Crippen LogP contribution >= 0.6 is 11.6 Å². The van der Waals surface area contributed by atoms with E-state index in [4.69, 9.17) is 11.6 Å². The number of hydrogen-bond acceptors (Lipinski definition) is 4. The zero-order chi connectivity index (χ0) is 22.5. The molecule has 1 heterocycles. The number of amides is 2. The van der Waals surface area contributed by atoms with Crippen LogP contribution in [0.15, 0.2) is 58.5 Å². The Hall–Kier alpha value is -2.90. The van der Waals surface area contributed by atoms with E-state index in [9.17, 15) is 19.5 Å². The van der Waals surface area contributed by atoms with Crippen LogP contribution in [0.1, 0.15) is 31.9 Å². The first-order valence-electron chi connectivity index (χ1n) is 10.3. The van der Waals surface area contributed by atoms with Gasteiger partial charge in [-0.25, -0.2) is 4.79 Å². The summed E-state index contributed by atoms with van der Waals surface area (Å²) in [4.78, 5) is 39.0. The summed E-state index contributed by atoms with van der Waals surface area (Å²) in [6.45, 7) is 4.60. The summed E-state index contributed by atoms with van der Waals surface area (Å²) in [5.74, 6) is -0.288. The van der Waals surface area contributed by atoms with Crippen molar-refractivity contribution in [1.29, 1.82) is 0 Å². The van der Waals surface area contributed by atoms with E-state index in [1.54, 1.807) is 27.8 Å². The molecule has 0 saturated carbocycles. The zero-order valence-corrected chi connectivity index (χ0v) is 18.3. The molecule has 0 radical (unpaired) electrons. The molecule has 2 amide bonds. The minimum Gasteiger partial charge on any atom is -0.396 e. The Morgan fingerprint density at radius 3 is 2.65 bits per heavy atom. The molecule has 8 heteroatoms. The number of ketones is 1. The molecule has 2 atom stereocenters. The summed E-state index contributed by atoms with van der Waals surface area (Å²) in [7, 11) is 0. The number of aliphatic hydroxyl groups is 1. The Bertz CT molecular complexity index is 1110. The van der Waals surface area contributed by atoms with E-state index in [0.29, 0.717) is 24.9 Å². The maximum absolute atomic E-state index is 13.0. The second-order valence-electron chi connectivity index (χ2n) is 7.38. The average molecular weight is 444 g/mol. The van der Waals surface area contributed by atoms with E-state index in [1.165, 1.54) is 12.2 Å². The molecule has 3 rings (SSSR count). The van der Waals surface area contributed by atoms with E-state index in [1.807, 2.05) is 32.0 Å². The molecule has 7 nitrogen and oxygen atoms in total. The van der Waals surface area contributed by atoms with Crippen LogP contribution in [0.2, 0.25) is 0 Å². The zero-order valence-electron chi connectivity index (χ0n) is 17.5. The smallest absolute Gasteiger partial charge is 0.318 e. The SMILES string of the molecule is CCN(C(=O)NC1C=CC(=O)C(Cl)=C1)C(C)c1cn(CCCO)c(=O)c2ccccc12. The molecular formula is C23H26ClN3O4. The highest BCUT2D eigenvalue weighted by Gasteiger charge is 2.25. The lowest BCUT2D eigenvalue weighted by atomic mass is 10.0. The number of halogens is 1. The van der Waals surface area contributed by atoms with Crippen molar-refractivity contribution in [1.82, 2.24) is 14.8 Å². The number of aliphatic hydroxyl groups excluding tert-OH is 1. The van der Waals surface area contributed by atoms with Gasteiger partial charge in [0.2, 0.25) is 0 Å². The van der Waals surface area contributed by atoms with E-state index in [-0.39, 0.29) is 35.1 Å². The summed E-state index contributed by atoms with van der Waals surface area (Å²) in [5, 5.41) is 13.5. The standard InChI is InChI=1S/C23H26ClN3O4/c1-3-27(23(31)25-16-9-10-21(29)20(24)13-16)15(2)19-14-26(11-6-12-28)22(30)18-8-5-4-7-17(18)19/h4-5,7-10,13-16,28H,3,6,11-12H2,1-2H3,(H,25,31). The number of carbonyl (C=O) groups excluding carboxylic acids is 2. The van der Waals surface area contributed by atoms with Gasteiger partial charge in [-0.05, 0) is 49.4 Å². The lowest BCUT2D eigenvalue weighted by Crippen LogP contribution is -2.45. The number of nitrogens with zero attached hydrogens (tertiary/aromatic N) is 2. The van der Waals surface area contributed by atoms with Crippen LogP contribution in [0.4, 0.5) is 4.79 Å². The summed E-state index contributed by atoms with van der Waals surface area (Å²) >= 11 is 5.90. The first-order chi connectivity index (χ1) is 14.9. The normalized spacial score (nSPS) is 16.8. The highest BCUT2D eigenvalue weighted by atomic mass is 35.5. The van der Waals surface area contributed by atoms with Crippen LogP contribution < -0.4 is 10.9 Å². The van der Waals surface area contributed by atoms with Crippen LogP contribution in [-0.2, 0) is 11.3 Å². The fraction of sp³-hybridized carbons (Fsp3) is 0.348. The van der Waals surface area contributed by atoms with Gasteiger partial charge in [0.25, 0.3) is 5.56 Å². The third kappa shape index (κ3) is 4.89. The van der Waals surface area contributed by atoms with Crippen LogP contribution in [0.5, 0.6) is 0 Å². The predicted octanol–water partition coefficient (Wildman–Crippen LogP) is 3.11. The maximum Gasteiger partial charge on any atom is 0.318 e. The third-order valence-electron chi connectivity index (χ3n) is 5.41. The Morgan fingerprint density at radius 2 is 2.00 bits per heavy atom. The monoisotopic (exact) mass is 443 g/mol. The van der Waals surface area contributed by atoms with Crippen LogP contribution in [0.25, 0.3) is 10.8 Å². The van der Waals surface area contributed by atoms with Crippen molar-refractivity contribution in [3.05, 3.63) is 69.6 Å². The van der Waals surface area contributed by atoms with Gasteiger partial charge in [-0.1, -0.05) is 35.9 Å². The molecule has 0 spiro atoms. The van der Waals surface area contributed by atoms with Gasteiger partial charge < -0.3 is 19.9 Å². The van der Waals surface area contributed by atoms with Gasteiger partial charge in [0, 0.05) is 31.3 Å². The van der Waals surface area contributed by atoms with Crippen LogP contribution in [0.3, 0.4) is 0 Å². The molecule has 2 aromatic rings. The molecule has 1 aromatic carbocycles. The molecule has 31 heavy (non-hydrogen) atoms. The Morgan fingerprint density at radius 1 is 1.29 bits per heavy atom. The molecule has 0 fully saturated rings. The number of nitrogens with one attached hydrogen (secondary N) is 1. The first-order valence-corrected chi connectivity index (χ1v) is 10.6. The number of urea groups is 1. The quantitative estimate of drug-likeness (QED) is 0.687. The molecular weight excluding hydrogens is 418 g/mol. The van der Waals surface area contributed by atoms with Crippen molar-refractivity contribution in [2.75, 3.05) is 13.2 Å². The lowest BCUT2D eigenvalue weighted by molar-refractivity contribution is -0.110. The summed E-state index contributed by atoms with van der Waals surface area (Å²) in [6.07, 6.45) is 6.68. The maximum atomic E-state index is 13.0. The predicted molar refractivity (Wildman–Crippen MR) is 121 cm³/mol. The molecule has 0 bridgehead atoms. The first kappa shape index (κ1) is 22.8. The van der Waals surface area contributed by atoms with Gasteiger partial charge in [0.15, 0.2) is 5.78 Å². The largest absolute Gasteiger partial charge is 0.396 e. The molecule has 2 N–H and O–H groups in total. The average Bonchev–Trinajstić information content (AvgIpc) is 2.76. The molecule has 164 valence electrons. The highest BCUT2D eigenvalue weighted by molar-refractivity contribution is 6.44.